The van der Waals surface area contributed by atoms with Crippen molar-refractivity contribution in [1.82, 2.24) is 20.0 Å². The van der Waals surface area contributed by atoms with Gasteiger partial charge >= 0.3 is 6.03 Å². The van der Waals surface area contributed by atoms with E-state index in [4.69, 9.17) is 0 Å². The van der Waals surface area contributed by atoms with Crippen molar-refractivity contribution in [3.05, 3.63) is 0 Å². The van der Waals surface area contributed by atoms with Gasteiger partial charge in [0.1, 0.15) is 0 Å². The molecule has 0 aromatic rings. The monoisotopic (exact) mass is 240 g/mol. The van der Waals surface area contributed by atoms with E-state index in [0.29, 0.717) is 0 Å². The highest BCUT2D eigenvalue weighted by Crippen LogP contribution is 2.27. The Balaban J connectivity index is 1.63. The number of carbonyl (C=O) groups excluding carboxylic acids is 1. The fraction of sp³-hybridized carbons (Fsp3) is 0.917. The van der Waals surface area contributed by atoms with Crippen molar-refractivity contribution in [1.29, 1.82) is 0 Å². The molecule has 1 saturated carbocycles. The summed E-state index contributed by atoms with van der Waals surface area (Å²) in [5, 5.41) is 2.97. The van der Waals surface area contributed by atoms with Gasteiger partial charge in [0.2, 0.25) is 0 Å². The first kappa shape index (κ1) is 12.6. The highest BCUT2D eigenvalue weighted by atomic mass is 16.2. The number of piperazine rings is 1. The molecule has 0 atom stereocenters. The number of nitrogens with one attached hydrogen (secondary N) is 1. The predicted octanol–water partition coefficient (Wildman–Crippen LogP) is 0.0376. The highest BCUT2D eigenvalue weighted by molar-refractivity contribution is 5.74. The van der Waals surface area contributed by atoms with E-state index in [2.05, 4.69) is 15.1 Å². The molecule has 2 aliphatic rings. The minimum atomic E-state index is 0.0993. The average Bonchev–Trinajstić information content (AvgIpc) is 3.12. The number of likely N-dealkylation sites (N-methyl/N-ethyl adjacent to an activating group) is 1. The number of nitrogens with zero attached hydrogens (tertiary/aromatic N) is 3. The number of hydrogen-bond donors (Lipinski definition) is 1. The Bertz CT molecular complexity index is 257. The van der Waals surface area contributed by atoms with Crippen LogP contribution in [-0.2, 0) is 0 Å². The van der Waals surface area contributed by atoms with E-state index in [1.54, 1.807) is 0 Å². The van der Waals surface area contributed by atoms with Gasteiger partial charge in [0.15, 0.2) is 0 Å². The molecule has 0 spiro atoms. The molecule has 2 rings (SSSR count). The lowest BCUT2D eigenvalue weighted by Crippen LogP contribution is -2.52. The number of hydrogen-bond acceptors (Lipinski definition) is 3. The third-order valence-corrected chi connectivity index (χ3v) is 3.50. The van der Waals surface area contributed by atoms with Crippen LogP contribution in [0.15, 0.2) is 0 Å². The quantitative estimate of drug-likeness (QED) is 0.754. The zero-order valence-electron chi connectivity index (χ0n) is 11.0. The molecule has 1 heterocycles. The van der Waals surface area contributed by atoms with Crippen molar-refractivity contribution in [3.8, 4) is 0 Å². The van der Waals surface area contributed by atoms with E-state index < -0.39 is 0 Å². The predicted molar refractivity (Wildman–Crippen MR) is 68.1 cm³/mol. The lowest BCUT2D eigenvalue weighted by atomic mass is 10.3. The molecule has 1 aliphatic carbocycles. The minimum absolute atomic E-state index is 0.0993. The summed E-state index contributed by atoms with van der Waals surface area (Å²) in [6.07, 6.45) is 2.71. The standard InChI is InChI=1S/C12H24N4O/c1-14(2)6-5-13-12(17)16-9-7-15(8-10-16)11-3-4-11/h11H,3-10H2,1-2H3,(H,13,17). The first-order valence-corrected chi connectivity index (χ1v) is 6.58. The molecule has 1 aliphatic heterocycles. The molecule has 0 aromatic heterocycles. The maximum atomic E-state index is 11.8. The topological polar surface area (TPSA) is 38.8 Å². The first-order valence-electron chi connectivity index (χ1n) is 6.58. The Hall–Kier alpha value is -0.810. The summed E-state index contributed by atoms with van der Waals surface area (Å²) in [5.74, 6) is 0. The molecule has 0 bridgehead atoms. The van der Waals surface area contributed by atoms with E-state index in [1.807, 2.05) is 19.0 Å². The molecule has 98 valence electrons. The van der Waals surface area contributed by atoms with Crippen LogP contribution < -0.4 is 5.32 Å². The fourth-order valence-corrected chi connectivity index (χ4v) is 2.23. The van der Waals surface area contributed by atoms with Gasteiger partial charge < -0.3 is 15.1 Å². The smallest absolute Gasteiger partial charge is 0.317 e. The Kier molecular flexibility index (Phi) is 4.23. The van der Waals surface area contributed by atoms with Crippen molar-refractivity contribution >= 4 is 6.03 Å². The maximum absolute atomic E-state index is 11.8. The summed E-state index contributed by atoms with van der Waals surface area (Å²) in [6, 6.07) is 0.927. The molecule has 5 heteroatoms. The average molecular weight is 240 g/mol. The van der Waals surface area contributed by atoms with Crippen LogP contribution in [0.4, 0.5) is 4.79 Å². The summed E-state index contributed by atoms with van der Waals surface area (Å²) in [7, 11) is 4.03. The van der Waals surface area contributed by atoms with Gasteiger partial charge in [-0.25, -0.2) is 4.79 Å². The number of amides is 2. The molecule has 17 heavy (non-hydrogen) atoms. The van der Waals surface area contributed by atoms with Gasteiger partial charge in [-0.05, 0) is 26.9 Å². The summed E-state index contributed by atoms with van der Waals surface area (Å²) in [4.78, 5) is 18.4. The molecular weight excluding hydrogens is 216 g/mol. The van der Waals surface area contributed by atoms with Crippen LogP contribution in [-0.4, -0.2) is 80.1 Å². The van der Waals surface area contributed by atoms with E-state index >= 15 is 0 Å². The van der Waals surface area contributed by atoms with Crippen molar-refractivity contribution < 1.29 is 4.79 Å². The van der Waals surface area contributed by atoms with E-state index in [9.17, 15) is 4.79 Å². The van der Waals surface area contributed by atoms with Crippen LogP contribution in [0.2, 0.25) is 0 Å². The fourth-order valence-electron chi connectivity index (χ4n) is 2.23. The molecule has 1 N–H and O–H groups in total. The minimum Gasteiger partial charge on any atom is -0.337 e. The second kappa shape index (κ2) is 5.69. The third kappa shape index (κ3) is 3.85. The van der Waals surface area contributed by atoms with Gasteiger partial charge in [-0.1, -0.05) is 0 Å². The molecule has 5 nitrogen and oxygen atoms in total. The van der Waals surface area contributed by atoms with Gasteiger partial charge in [0.05, 0.1) is 0 Å². The van der Waals surface area contributed by atoms with E-state index in [-0.39, 0.29) is 6.03 Å². The van der Waals surface area contributed by atoms with E-state index in [1.165, 1.54) is 12.8 Å². The van der Waals surface area contributed by atoms with E-state index in [0.717, 1.165) is 45.3 Å². The van der Waals surface area contributed by atoms with Crippen LogP contribution in [0.25, 0.3) is 0 Å². The van der Waals surface area contributed by atoms with Crippen LogP contribution in [0.3, 0.4) is 0 Å². The summed E-state index contributed by atoms with van der Waals surface area (Å²) in [5.41, 5.74) is 0. The summed E-state index contributed by atoms with van der Waals surface area (Å²) in [6.45, 7) is 5.48. The van der Waals surface area contributed by atoms with Gasteiger partial charge in [-0.3, -0.25) is 4.90 Å². The normalized spacial score (nSPS) is 21.9. The van der Waals surface area contributed by atoms with Crippen molar-refractivity contribution in [2.24, 2.45) is 0 Å². The maximum Gasteiger partial charge on any atom is 0.317 e. The molecule has 2 amide bonds. The number of rotatable bonds is 4. The number of carbonyl (C=O) groups is 1. The van der Waals surface area contributed by atoms with Crippen molar-refractivity contribution in [2.75, 3.05) is 53.4 Å². The Morgan fingerprint density at radius 3 is 2.41 bits per heavy atom. The molecule has 0 aromatic carbocycles. The number of urea groups is 1. The first-order chi connectivity index (χ1) is 8.16. The summed E-state index contributed by atoms with van der Waals surface area (Å²) < 4.78 is 0. The molecule has 0 unspecified atom stereocenters. The molecule has 1 saturated heterocycles. The van der Waals surface area contributed by atoms with Crippen LogP contribution in [0.5, 0.6) is 0 Å². The third-order valence-electron chi connectivity index (χ3n) is 3.50. The largest absolute Gasteiger partial charge is 0.337 e. The lowest BCUT2D eigenvalue weighted by Gasteiger charge is -2.34. The van der Waals surface area contributed by atoms with Crippen LogP contribution >= 0.6 is 0 Å². The lowest BCUT2D eigenvalue weighted by molar-refractivity contribution is 0.134. The Morgan fingerprint density at radius 2 is 1.88 bits per heavy atom. The summed E-state index contributed by atoms with van der Waals surface area (Å²) >= 11 is 0. The van der Waals surface area contributed by atoms with Gasteiger partial charge in [-0.15, -0.1) is 0 Å². The molecule has 0 radical (unpaired) electrons. The second-order valence-electron chi connectivity index (χ2n) is 5.29. The SMILES string of the molecule is CN(C)CCNC(=O)N1CCN(C2CC2)CC1. The van der Waals surface area contributed by atoms with Crippen LogP contribution in [0, 0.1) is 0 Å². The van der Waals surface area contributed by atoms with Gasteiger partial charge in [0, 0.05) is 45.3 Å². The Labute approximate surface area is 104 Å². The van der Waals surface area contributed by atoms with Gasteiger partial charge in [-0.2, -0.15) is 0 Å². The van der Waals surface area contributed by atoms with Crippen molar-refractivity contribution in [3.63, 3.8) is 0 Å². The Morgan fingerprint density at radius 1 is 1.24 bits per heavy atom. The zero-order valence-corrected chi connectivity index (χ0v) is 11.0. The second-order valence-corrected chi connectivity index (χ2v) is 5.29. The van der Waals surface area contributed by atoms with Crippen molar-refractivity contribution in [2.45, 2.75) is 18.9 Å². The highest BCUT2D eigenvalue weighted by Gasteiger charge is 2.32. The van der Waals surface area contributed by atoms with Crippen LogP contribution in [0.1, 0.15) is 12.8 Å². The molecule has 2 fully saturated rings. The van der Waals surface area contributed by atoms with Gasteiger partial charge in [0.25, 0.3) is 0 Å². The molecular formula is C12H24N4O. The zero-order chi connectivity index (χ0) is 12.3.